The molecule has 24 heavy (non-hydrogen) atoms. The number of carbonyl (C=O) groups excluding carboxylic acids is 1. The normalized spacial score (nSPS) is 9.88. The van der Waals surface area contributed by atoms with Gasteiger partial charge in [0, 0.05) is 18.4 Å². The summed E-state index contributed by atoms with van der Waals surface area (Å²) in [6, 6.07) is 9.06. The van der Waals surface area contributed by atoms with Gasteiger partial charge in [0.2, 0.25) is 5.95 Å². The first-order chi connectivity index (χ1) is 11.7. The number of rotatable bonds is 7. The van der Waals surface area contributed by atoms with Crippen molar-refractivity contribution in [1.29, 1.82) is 5.26 Å². The van der Waals surface area contributed by atoms with Crippen LogP contribution in [0.2, 0.25) is 0 Å². The minimum absolute atomic E-state index is 0.285. The summed E-state index contributed by atoms with van der Waals surface area (Å²) in [5.74, 6) is 0.287. The van der Waals surface area contributed by atoms with Crippen LogP contribution < -0.4 is 10.6 Å². The zero-order valence-corrected chi connectivity index (χ0v) is 13.7. The van der Waals surface area contributed by atoms with Crippen LogP contribution in [0.3, 0.4) is 0 Å². The second-order valence-electron chi connectivity index (χ2n) is 4.92. The first-order valence-corrected chi connectivity index (χ1v) is 7.73. The van der Waals surface area contributed by atoms with E-state index < -0.39 is 5.97 Å². The number of benzene rings is 1. The molecule has 0 aliphatic carbocycles. The van der Waals surface area contributed by atoms with Crippen LogP contribution in [0.4, 0.5) is 17.5 Å². The largest absolute Gasteiger partial charge is 0.462 e. The lowest BCUT2D eigenvalue weighted by Crippen LogP contribution is -2.13. The van der Waals surface area contributed by atoms with Gasteiger partial charge in [-0.25, -0.2) is 9.78 Å². The van der Waals surface area contributed by atoms with E-state index in [0.717, 1.165) is 6.42 Å². The van der Waals surface area contributed by atoms with E-state index >= 15 is 0 Å². The van der Waals surface area contributed by atoms with Crippen LogP contribution >= 0.6 is 0 Å². The van der Waals surface area contributed by atoms with E-state index in [1.165, 1.54) is 6.20 Å². The lowest BCUT2D eigenvalue weighted by molar-refractivity contribution is 0.0526. The third-order valence-electron chi connectivity index (χ3n) is 3.07. The van der Waals surface area contributed by atoms with Gasteiger partial charge in [0.25, 0.3) is 0 Å². The standard InChI is InChI=1S/C17H19N5O2/c1-3-8-19-15-14(16(23)24-4-2)11-20-17(22-15)21-13-7-5-6-12(9-13)10-18/h5-7,9,11H,3-4,8H2,1-2H3,(H2,19,20,21,22). The Morgan fingerprint density at radius 3 is 2.92 bits per heavy atom. The summed E-state index contributed by atoms with van der Waals surface area (Å²) in [5, 5.41) is 15.1. The van der Waals surface area contributed by atoms with Gasteiger partial charge >= 0.3 is 5.97 Å². The third-order valence-corrected chi connectivity index (χ3v) is 3.07. The van der Waals surface area contributed by atoms with Crippen molar-refractivity contribution in [1.82, 2.24) is 9.97 Å². The molecule has 7 heteroatoms. The van der Waals surface area contributed by atoms with Crippen LogP contribution in [-0.4, -0.2) is 29.1 Å². The number of nitrogens with zero attached hydrogens (tertiary/aromatic N) is 3. The molecule has 124 valence electrons. The van der Waals surface area contributed by atoms with Crippen LogP contribution in [0.5, 0.6) is 0 Å². The number of nitrogens with one attached hydrogen (secondary N) is 2. The first kappa shape index (κ1) is 17.2. The molecular formula is C17H19N5O2. The zero-order chi connectivity index (χ0) is 17.4. The maximum Gasteiger partial charge on any atom is 0.343 e. The summed E-state index contributed by atoms with van der Waals surface area (Å²) in [6.45, 7) is 4.72. The van der Waals surface area contributed by atoms with Crippen molar-refractivity contribution >= 4 is 23.4 Å². The average molecular weight is 325 g/mol. The fourth-order valence-corrected chi connectivity index (χ4v) is 1.97. The minimum Gasteiger partial charge on any atom is -0.462 e. The maximum atomic E-state index is 12.0. The first-order valence-electron chi connectivity index (χ1n) is 7.73. The Morgan fingerprint density at radius 1 is 1.38 bits per heavy atom. The average Bonchev–Trinajstić information content (AvgIpc) is 2.60. The highest BCUT2D eigenvalue weighted by Crippen LogP contribution is 2.19. The summed E-state index contributed by atoms with van der Waals surface area (Å²) in [4.78, 5) is 20.5. The minimum atomic E-state index is -0.464. The molecule has 0 aliphatic heterocycles. The summed E-state index contributed by atoms with van der Waals surface area (Å²) in [7, 11) is 0. The zero-order valence-electron chi connectivity index (χ0n) is 13.7. The molecule has 0 saturated carbocycles. The van der Waals surface area contributed by atoms with Crippen molar-refractivity contribution in [3.05, 3.63) is 41.6 Å². The molecule has 1 aromatic carbocycles. The van der Waals surface area contributed by atoms with Crippen molar-refractivity contribution in [3.63, 3.8) is 0 Å². The van der Waals surface area contributed by atoms with E-state index in [2.05, 4.69) is 26.7 Å². The number of ether oxygens (including phenoxy) is 1. The lowest BCUT2D eigenvalue weighted by Gasteiger charge is -2.12. The second kappa shape index (κ2) is 8.48. The molecule has 2 N–H and O–H groups in total. The van der Waals surface area contributed by atoms with Gasteiger partial charge in [-0.1, -0.05) is 13.0 Å². The Hall–Kier alpha value is -3.14. The number of hydrogen-bond acceptors (Lipinski definition) is 7. The Morgan fingerprint density at radius 2 is 2.21 bits per heavy atom. The number of hydrogen-bond donors (Lipinski definition) is 2. The highest BCUT2D eigenvalue weighted by molar-refractivity contribution is 5.94. The predicted octanol–water partition coefficient (Wildman–Crippen LogP) is 3.09. The topological polar surface area (TPSA) is 99.9 Å². The molecule has 0 fully saturated rings. The monoisotopic (exact) mass is 325 g/mol. The van der Waals surface area contributed by atoms with E-state index in [1.807, 2.05) is 13.0 Å². The molecule has 1 heterocycles. The predicted molar refractivity (Wildman–Crippen MR) is 91.2 cm³/mol. The molecule has 0 unspecified atom stereocenters. The second-order valence-corrected chi connectivity index (χ2v) is 4.92. The summed E-state index contributed by atoms with van der Waals surface area (Å²) in [5.41, 5.74) is 1.52. The van der Waals surface area contributed by atoms with Gasteiger partial charge in [0.15, 0.2) is 0 Å². The molecule has 0 bridgehead atoms. The van der Waals surface area contributed by atoms with Gasteiger partial charge in [0.05, 0.1) is 18.2 Å². The van der Waals surface area contributed by atoms with E-state index in [1.54, 1.807) is 25.1 Å². The molecule has 0 radical (unpaired) electrons. The molecule has 0 spiro atoms. The van der Waals surface area contributed by atoms with Crippen LogP contribution in [0.15, 0.2) is 30.5 Å². The molecule has 0 atom stereocenters. The van der Waals surface area contributed by atoms with Crippen LogP contribution in [0.25, 0.3) is 0 Å². The number of nitriles is 1. The SMILES string of the molecule is CCCNc1nc(Nc2cccc(C#N)c2)ncc1C(=O)OCC. The van der Waals surface area contributed by atoms with Crippen molar-refractivity contribution in [2.24, 2.45) is 0 Å². The molecule has 0 amide bonds. The Bertz CT molecular complexity index is 755. The van der Waals surface area contributed by atoms with Gasteiger partial charge < -0.3 is 15.4 Å². The van der Waals surface area contributed by atoms with Gasteiger partial charge in [-0.05, 0) is 31.5 Å². The van der Waals surface area contributed by atoms with Crippen LogP contribution in [0, 0.1) is 11.3 Å². The van der Waals surface area contributed by atoms with E-state index in [-0.39, 0.29) is 6.61 Å². The van der Waals surface area contributed by atoms with Crippen molar-refractivity contribution < 1.29 is 9.53 Å². The van der Waals surface area contributed by atoms with E-state index in [9.17, 15) is 4.79 Å². The summed E-state index contributed by atoms with van der Waals surface area (Å²) in [6.07, 6.45) is 2.32. The molecule has 1 aromatic heterocycles. The number of carbonyl (C=O) groups is 1. The van der Waals surface area contributed by atoms with Gasteiger partial charge in [0.1, 0.15) is 11.4 Å². The Labute approximate surface area is 140 Å². The Balaban J connectivity index is 2.27. The number of aromatic nitrogens is 2. The summed E-state index contributed by atoms with van der Waals surface area (Å²) >= 11 is 0. The Kier molecular flexibility index (Phi) is 6.08. The fraction of sp³-hybridized carbons (Fsp3) is 0.294. The summed E-state index contributed by atoms with van der Waals surface area (Å²) < 4.78 is 5.02. The lowest BCUT2D eigenvalue weighted by atomic mass is 10.2. The van der Waals surface area contributed by atoms with E-state index in [0.29, 0.717) is 35.1 Å². The van der Waals surface area contributed by atoms with Gasteiger partial charge in [-0.3, -0.25) is 0 Å². The maximum absolute atomic E-state index is 12.0. The highest BCUT2D eigenvalue weighted by Gasteiger charge is 2.15. The molecule has 0 aliphatic rings. The molecule has 2 rings (SSSR count). The molecule has 2 aromatic rings. The quantitative estimate of drug-likeness (QED) is 0.754. The van der Waals surface area contributed by atoms with Crippen molar-refractivity contribution in [2.45, 2.75) is 20.3 Å². The smallest absolute Gasteiger partial charge is 0.343 e. The number of anilines is 3. The van der Waals surface area contributed by atoms with Crippen LogP contribution in [-0.2, 0) is 4.74 Å². The molecule has 0 saturated heterocycles. The van der Waals surface area contributed by atoms with E-state index in [4.69, 9.17) is 10.00 Å². The van der Waals surface area contributed by atoms with Gasteiger partial charge in [-0.15, -0.1) is 0 Å². The molecule has 7 nitrogen and oxygen atoms in total. The highest BCUT2D eigenvalue weighted by atomic mass is 16.5. The number of esters is 1. The molecular weight excluding hydrogens is 306 g/mol. The fourth-order valence-electron chi connectivity index (χ4n) is 1.97. The van der Waals surface area contributed by atoms with Crippen molar-refractivity contribution in [3.8, 4) is 6.07 Å². The van der Waals surface area contributed by atoms with Crippen LogP contribution in [0.1, 0.15) is 36.2 Å². The van der Waals surface area contributed by atoms with Gasteiger partial charge in [-0.2, -0.15) is 10.2 Å². The van der Waals surface area contributed by atoms with Crippen molar-refractivity contribution in [2.75, 3.05) is 23.8 Å². The third kappa shape index (κ3) is 4.43.